The zero-order chi connectivity index (χ0) is 18.3. The number of benzene rings is 2. The molecular weight excluding hydrogens is 368 g/mol. The van der Waals surface area contributed by atoms with Crippen molar-refractivity contribution >= 4 is 43.9 Å². The molecule has 0 fully saturated rings. The molecule has 0 saturated heterocycles. The normalized spacial score (nSPS) is 11.0. The van der Waals surface area contributed by atoms with Crippen molar-refractivity contribution in [2.75, 3.05) is 5.73 Å². The molecule has 0 saturated carbocycles. The van der Waals surface area contributed by atoms with Gasteiger partial charge in [-0.15, -0.1) is 0 Å². The fourth-order valence-electron chi connectivity index (χ4n) is 2.93. The Morgan fingerprint density at radius 2 is 1.65 bits per heavy atom. The second kappa shape index (κ2) is 6.44. The molecule has 0 atom stereocenters. The lowest BCUT2D eigenvalue weighted by molar-refractivity contribution is 0.104. The summed E-state index contributed by atoms with van der Waals surface area (Å²) in [7, 11) is 0. The van der Waals surface area contributed by atoms with Crippen LogP contribution < -0.4 is 11.3 Å². The maximum atomic E-state index is 13.0. The van der Waals surface area contributed by atoms with Crippen LogP contribution in [-0.4, -0.2) is 10.4 Å². The third-order valence-corrected chi connectivity index (χ3v) is 5.46. The lowest BCUT2D eigenvalue weighted by atomic mass is 10.0. The predicted molar refractivity (Wildman–Crippen MR) is 107 cm³/mol. The van der Waals surface area contributed by atoms with Crippen LogP contribution in [0.5, 0.6) is 0 Å². The highest BCUT2D eigenvalue weighted by molar-refractivity contribution is 7.22. The highest BCUT2D eigenvalue weighted by Crippen LogP contribution is 2.36. The minimum absolute atomic E-state index is 0.168. The Balaban J connectivity index is 2.01. The average Bonchev–Trinajstić information content (AvgIpc) is 2.98. The van der Waals surface area contributed by atoms with Gasteiger partial charge >= 0.3 is 0 Å². The number of aromatic nitrogens is 1. The molecule has 0 amide bonds. The lowest BCUT2D eigenvalue weighted by Gasteiger charge is -2.09. The molecule has 4 nitrogen and oxygen atoms in total. The van der Waals surface area contributed by atoms with Crippen LogP contribution in [0.4, 0.5) is 5.00 Å². The van der Waals surface area contributed by atoms with Crippen LogP contribution in [0.15, 0.2) is 71.5 Å². The molecule has 0 radical (unpaired) electrons. The number of pyridine rings is 1. The minimum atomic E-state index is -0.231. The van der Waals surface area contributed by atoms with E-state index in [0.717, 1.165) is 0 Å². The molecule has 128 valence electrons. The Labute approximate surface area is 158 Å². The number of nitrogens with zero attached hydrogens (tertiary/aromatic N) is 1. The van der Waals surface area contributed by atoms with Crippen molar-refractivity contribution in [3.63, 3.8) is 0 Å². The van der Waals surface area contributed by atoms with Crippen molar-refractivity contribution in [3.8, 4) is 5.69 Å². The van der Waals surface area contributed by atoms with Crippen LogP contribution in [0.1, 0.15) is 15.9 Å². The van der Waals surface area contributed by atoms with Crippen LogP contribution in [0.3, 0.4) is 0 Å². The van der Waals surface area contributed by atoms with Crippen molar-refractivity contribution in [1.82, 2.24) is 4.57 Å². The van der Waals surface area contributed by atoms with Gasteiger partial charge in [0.2, 0.25) is 0 Å². The molecule has 2 N–H and O–H groups in total. The van der Waals surface area contributed by atoms with Gasteiger partial charge in [-0.05, 0) is 18.2 Å². The number of rotatable bonds is 3. The maximum Gasteiger partial charge on any atom is 0.256 e. The topological polar surface area (TPSA) is 65.1 Å². The molecule has 6 heteroatoms. The summed E-state index contributed by atoms with van der Waals surface area (Å²) < 4.78 is 1.50. The third-order valence-electron chi connectivity index (χ3n) is 4.13. The number of anilines is 1. The van der Waals surface area contributed by atoms with Gasteiger partial charge in [-0.2, -0.15) is 0 Å². The van der Waals surface area contributed by atoms with Gasteiger partial charge in [-0.1, -0.05) is 65.4 Å². The van der Waals surface area contributed by atoms with E-state index in [2.05, 4.69) is 0 Å². The van der Waals surface area contributed by atoms with Crippen molar-refractivity contribution in [1.29, 1.82) is 0 Å². The number of halogens is 1. The van der Waals surface area contributed by atoms with Crippen molar-refractivity contribution < 1.29 is 4.79 Å². The Bertz CT molecular complexity index is 1200. The van der Waals surface area contributed by atoms with Gasteiger partial charge in [0.15, 0.2) is 5.78 Å². The van der Waals surface area contributed by atoms with Crippen LogP contribution in [0, 0.1) is 0 Å². The molecule has 0 aliphatic carbocycles. The Morgan fingerprint density at radius 1 is 0.962 bits per heavy atom. The summed E-state index contributed by atoms with van der Waals surface area (Å²) in [5.74, 6) is -0.168. The van der Waals surface area contributed by atoms with Gasteiger partial charge in [0, 0.05) is 17.0 Å². The summed E-state index contributed by atoms with van der Waals surface area (Å²) in [6.45, 7) is 0. The van der Waals surface area contributed by atoms with Crippen LogP contribution in [-0.2, 0) is 0 Å². The smallest absolute Gasteiger partial charge is 0.256 e. The number of nitrogens with two attached hydrogens (primary N) is 1. The quantitative estimate of drug-likeness (QED) is 0.531. The van der Waals surface area contributed by atoms with Crippen LogP contribution in [0.2, 0.25) is 5.02 Å². The largest absolute Gasteiger partial charge is 0.390 e. The number of hydrogen-bond donors (Lipinski definition) is 1. The molecule has 2 aromatic heterocycles. The number of para-hydroxylation sites is 1. The zero-order valence-electron chi connectivity index (χ0n) is 13.5. The van der Waals surface area contributed by atoms with Gasteiger partial charge in [0.1, 0.15) is 4.83 Å². The second-order valence-corrected chi connectivity index (χ2v) is 7.15. The van der Waals surface area contributed by atoms with Gasteiger partial charge in [0.25, 0.3) is 5.56 Å². The van der Waals surface area contributed by atoms with E-state index in [1.807, 2.05) is 6.07 Å². The molecule has 2 heterocycles. The SMILES string of the molecule is Nc1sc2c(ccc(=O)n2-c2ccccc2Cl)c1C(=O)c1ccccc1. The first-order chi connectivity index (χ1) is 12.6. The molecule has 4 rings (SSSR count). The van der Waals surface area contributed by atoms with E-state index in [-0.39, 0.29) is 11.3 Å². The first-order valence-corrected chi connectivity index (χ1v) is 9.06. The van der Waals surface area contributed by atoms with Gasteiger partial charge in [0.05, 0.1) is 21.3 Å². The highest BCUT2D eigenvalue weighted by atomic mass is 35.5. The zero-order valence-corrected chi connectivity index (χ0v) is 15.1. The summed E-state index contributed by atoms with van der Waals surface area (Å²) in [6.07, 6.45) is 0. The van der Waals surface area contributed by atoms with E-state index in [1.54, 1.807) is 54.6 Å². The molecule has 0 unspecified atom stereocenters. The van der Waals surface area contributed by atoms with E-state index < -0.39 is 0 Å². The minimum Gasteiger partial charge on any atom is -0.390 e. The monoisotopic (exact) mass is 380 g/mol. The number of thiophene rings is 1. The highest BCUT2D eigenvalue weighted by Gasteiger charge is 2.21. The van der Waals surface area contributed by atoms with Crippen LogP contribution >= 0.6 is 22.9 Å². The number of nitrogen functional groups attached to an aromatic ring is 1. The maximum absolute atomic E-state index is 13.0. The predicted octanol–water partition coefficient (Wildman–Crippen LogP) is 4.52. The van der Waals surface area contributed by atoms with Gasteiger partial charge in [-0.3, -0.25) is 14.2 Å². The molecule has 0 aliphatic rings. The first-order valence-electron chi connectivity index (χ1n) is 7.86. The van der Waals surface area contributed by atoms with Gasteiger partial charge in [-0.25, -0.2) is 0 Å². The number of ketones is 1. The standard InChI is InChI=1S/C20H13ClN2O2S/c21-14-8-4-5-9-15(14)23-16(24)11-10-13-17(19(22)26-20(13)23)18(25)12-6-2-1-3-7-12/h1-11H,22H2. The second-order valence-electron chi connectivity index (χ2n) is 5.71. The number of carbonyl (C=O) groups excluding carboxylic acids is 1. The molecule has 26 heavy (non-hydrogen) atoms. The summed E-state index contributed by atoms with van der Waals surface area (Å²) in [4.78, 5) is 26.1. The van der Waals surface area contributed by atoms with Gasteiger partial charge < -0.3 is 5.73 Å². The van der Waals surface area contributed by atoms with E-state index in [0.29, 0.717) is 37.1 Å². The molecule has 0 spiro atoms. The van der Waals surface area contributed by atoms with E-state index in [1.165, 1.54) is 22.0 Å². The Kier molecular flexibility index (Phi) is 4.11. The van der Waals surface area contributed by atoms with Crippen molar-refractivity contribution in [2.24, 2.45) is 0 Å². The summed E-state index contributed by atoms with van der Waals surface area (Å²) in [6, 6.07) is 19.1. The van der Waals surface area contributed by atoms with Crippen molar-refractivity contribution in [2.45, 2.75) is 0 Å². The fourth-order valence-corrected chi connectivity index (χ4v) is 4.22. The first kappa shape index (κ1) is 16.6. The summed E-state index contributed by atoms with van der Waals surface area (Å²) in [5, 5.41) is 1.46. The number of fused-ring (bicyclic) bond motifs is 1. The average molecular weight is 381 g/mol. The Hall–Kier alpha value is -2.89. The van der Waals surface area contributed by atoms with Crippen molar-refractivity contribution in [3.05, 3.63) is 93.2 Å². The number of carbonyl (C=O) groups is 1. The molecular formula is C20H13ClN2O2S. The molecule has 2 aromatic carbocycles. The number of hydrogen-bond acceptors (Lipinski definition) is 4. The van der Waals surface area contributed by atoms with Crippen LogP contribution in [0.25, 0.3) is 15.9 Å². The van der Waals surface area contributed by atoms with E-state index in [4.69, 9.17) is 17.3 Å². The summed E-state index contributed by atoms with van der Waals surface area (Å²) >= 11 is 7.49. The lowest BCUT2D eigenvalue weighted by Crippen LogP contribution is -2.17. The molecule has 0 bridgehead atoms. The third kappa shape index (κ3) is 2.62. The molecule has 4 aromatic rings. The fraction of sp³-hybridized carbons (Fsp3) is 0. The Morgan fingerprint density at radius 3 is 2.38 bits per heavy atom. The van der Waals surface area contributed by atoms with E-state index >= 15 is 0 Å². The molecule has 0 aliphatic heterocycles. The van der Waals surface area contributed by atoms with E-state index in [9.17, 15) is 9.59 Å². The summed E-state index contributed by atoms with van der Waals surface area (Å²) in [5.41, 5.74) is 7.47.